The van der Waals surface area contributed by atoms with E-state index in [1.54, 1.807) is 0 Å². The summed E-state index contributed by atoms with van der Waals surface area (Å²) in [6, 6.07) is 2.56. The fourth-order valence-electron chi connectivity index (χ4n) is 1.77. The molecule has 4 nitrogen and oxygen atoms in total. The van der Waals surface area contributed by atoms with Gasteiger partial charge in [0.1, 0.15) is 0 Å². The van der Waals surface area contributed by atoms with Gasteiger partial charge in [-0.05, 0) is 32.4 Å². The number of hydrogen-bond acceptors (Lipinski definition) is 3. The lowest BCUT2D eigenvalue weighted by Crippen LogP contribution is -2.25. The van der Waals surface area contributed by atoms with E-state index in [2.05, 4.69) is 43.0 Å². The van der Waals surface area contributed by atoms with Crippen molar-refractivity contribution in [3.63, 3.8) is 0 Å². The van der Waals surface area contributed by atoms with Gasteiger partial charge in [0.15, 0.2) is 0 Å². The molecule has 1 heterocycles. The summed E-state index contributed by atoms with van der Waals surface area (Å²) in [5.41, 5.74) is 1.12. The molecule has 0 aromatic carbocycles. The van der Waals surface area contributed by atoms with Gasteiger partial charge in [0.2, 0.25) is 0 Å². The van der Waals surface area contributed by atoms with E-state index < -0.39 is 0 Å². The van der Waals surface area contributed by atoms with E-state index in [4.69, 9.17) is 5.11 Å². The van der Waals surface area contributed by atoms with Crippen LogP contribution in [0.3, 0.4) is 0 Å². The SMILES string of the molecule is CCC(C)n1ccc(CN(CC)CCCO)n1. The molecule has 1 rings (SSSR count). The molecule has 0 fully saturated rings. The number of hydrogen-bond donors (Lipinski definition) is 1. The number of aliphatic hydroxyl groups is 1. The maximum atomic E-state index is 8.84. The standard InChI is InChI=1S/C13H25N3O/c1-4-12(3)16-9-7-13(14-16)11-15(5-2)8-6-10-17/h7,9,12,17H,4-6,8,10-11H2,1-3H3. The Kier molecular flexibility index (Phi) is 6.22. The summed E-state index contributed by atoms with van der Waals surface area (Å²) in [5.74, 6) is 0. The molecule has 0 aliphatic carbocycles. The van der Waals surface area contributed by atoms with Crippen LogP contribution in [0.2, 0.25) is 0 Å². The molecule has 0 radical (unpaired) electrons. The van der Waals surface area contributed by atoms with Gasteiger partial charge >= 0.3 is 0 Å². The van der Waals surface area contributed by atoms with Crippen LogP contribution in [0.5, 0.6) is 0 Å². The van der Waals surface area contributed by atoms with Crippen molar-refractivity contribution in [3.8, 4) is 0 Å². The number of nitrogens with zero attached hydrogens (tertiary/aromatic N) is 3. The van der Waals surface area contributed by atoms with Crippen LogP contribution in [0.15, 0.2) is 12.3 Å². The fraction of sp³-hybridized carbons (Fsp3) is 0.769. The normalized spacial score (nSPS) is 13.2. The summed E-state index contributed by atoms with van der Waals surface area (Å²) in [6.45, 7) is 9.56. The first-order chi connectivity index (χ1) is 8.21. The Hall–Kier alpha value is -0.870. The minimum Gasteiger partial charge on any atom is -0.396 e. The molecule has 17 heavy (non-hydrogen) atoms. The second kappa shape index (κ2) is 7.45. The maximum absolute atomic E-state index is 8.84. The summed E-state index contributed by atoms with van der Waals surface area (Å²) in [5, 5.41) is 13.4. The van der Waals surface area contributed by atoms with Gasteiger partial charge in [0.05, 0.1) is 5.69 Å². The largest absolute Gasteiger partial charge is 0.396 e. The number of aliphatic hydroxyl groups excluding tert-OH is 1. The molecule has 1 aromatic rings. The smallest absolute Gasteiger partial charge is 0.0764 e. The van der Waals surface area contributed by atoms with Crippen molar-refractivity contribution in [1.29, 1.82) is 0 Å². The molecule has 0 bridgehead atoms. The summed E-state index contributed by atoms with van der Waals surface area (Å²) in [4.78, 5) is 2.31. The molecule has 98 valence electrons. The molecule has 1 aromatic heterocycles. The molecular formula is C13H25N3O. The molecule has 1 atom stereocenters. The molecule has 0 amide bonds. The van der Waals surface area contributed by atoms with Crippen molar-refractivity contribution in [3.05, 3.63) is 18.0 Å². The van der Waals surface area contributed by atoms with Crippen molar-refractivity contribution in [2.45, 2.75) is 46.2 Å². The van der Waals surface area contributed by atoms with Gasteiger partial charge in [-0.15, -0.1) is 0 Å². The highest BCUT2D eigenvalue weighted by Gasteiger charge is 2.08. The van der Waals surface area contributed by atoms with Crippen molar-refractivity contribution >= 4 is 0 Å². The zero-order chi connectivity index (χ0) is 12.7. The van der Waals surface area contributed by atoms with Crippen molar-refractivity contribution in [1.82, 2.24) is 14.7 Å². The Morgan fingerprint density at radius 1 is 1.47 bits per heavy atom. The number of rotatable bonds is 8. The van der Waals surface area contributed by atoms with Gasteiger partial charge in [-0.1, -0.05) is 13.8 Å². The van der Waals surface area contributed by atoms with Crippen LogP contribution >= 0.6 is 0 Å². The second-order valence-electron chi connectivity index (χ2n) is 4.49. The minimum absolute atomic E-state index is 0.262. The highest BCUT2D eigenvalue weighted by molar-refractivity contribution is 4.99. The van der Waals surface area contributed by atoms with E-state index in [0.29, 0.717) is 6.04 Å². The first kappa shape index (κ1) is 14.2. The molecule has 1 unspecified atom stereocenters. The minimum atomic E-state index is 0.262. The van der Waals surface area contributed by atoms with Crippen LogP contribution in [-0.2, 0) is 6.54 Å². The third kappa shape index (κ3) is 4.48. The Bertz CT molecular complexity index is 311. The zero-order valence-corrected chi connectivity index (χ0v) is 11.3. The van der Waals surface area contributed by atoms with Crippen LogP contribution < -0.4 is 0 Å². The van der Waals surface area contributed by atoms with Gasteiger partial charge in [0, 0.05) is 31.9 Å². The third-order valence-corrected chi connectivity index (χ3v) is 3.17. The molecule has 0 spiro atoms. The van der Waals surface area contributed by atoms with E-state index in [9.17, 15) is 0 Å². The maximum Gasteiger partial charge on any atom is 0.0764 e. The third-order valence-electron chi connectivity index (χ3n) is 3.17. The highest BCUT2D eigenvalue weighted by atomic mass is 16.3. The summed E-state index contributed by atoms with van der Waals surface area (Å²) in [6.07, 6.45) is 3.99. The second-order valence-corrected chi connectivity index (χ2v) is 4.49. The Morgan fingerprint density at radius 2 is 2.24 bits per heavy atom. The van der Waals surface area contributed by atoms with E-state index >= 15 is 0 Å². The van der Waals surface area contributed by atoms with Crippen LogP contribution in [0, 0.1) is 0 Å². The van der Waals surface area contributed by atoms with E-state index in [-0.39, 0.29) is 6.61 Å². The topological polar surface area (TPSA) is 41.3 Å². The van der Waals surface area contributed by atoms with Crippen LogP contribution in [0.1, 0.15) is 45.3 Å². The number of aromatic nitrogens is 2. The van der Waals surface area contributed by atoms with E-state index in [1.165, 1.54) is 0 Å². The van der Waals surface area contributed by atoms with Crippen molar-refractivity contribution in [2.75, 3.05) is 19.7 Å². The zero-order valence-electron chi connectivity index (χ0n) is 11.3. The Labute approximate surface area is 104 Å². The molecule has 0 saturated heterocycles. The molecule has 1 N–H and O–H groups in total. The van der Waals surface area contributed by atoms with E-state index in [0.717, 1.165) is 38.2 Å². The van der Waals surface area contributed by atoms with Gasteiger partial charge in [-0.25, -0.2) is 0 Å². The lowest BCUT2D eigenvalue weighted by Gasteiger charge is -2.18. The first-order valence-electron chi connectivity index (χ1n) is 6.58. The van der Waals surface area contributed by atoms with E-state index in [1.807, 2.05) is 4.68 Å². The predicted molar refractivity (Wildman–Crippen MR) is 69.9 cm³/mol. The van der Waals surface area contributed by atoms with Crippen LogP contribution in [-0.4, -0.2) is 39.5 Å². The lowest BCUT2D eigenvalue weighted by molar-refractivity contribution is 0.223. The average Bonchev–Trinajstić information content (AvgIpc) is 2.81. The lowest BCUT2D eigenvalue weighted by atomic mass is 10.3. The van der Waals surface area contributed by atoms with Crippen molar-refractivity contribution < 1.29 is 5.11 Å². The quantitative estimate of drug-likeness (QED) is 0.755. The van der Waals surface area contributed by atoms with Gasteiger partial charge in [0.25, 0.3) is 0 Å². The highest BCUT2D eigenvalue weighted by Crippen LogP contribution is 2.10. The summed E-state index contributed by atoms with van der Waals surface area (Å²) >= 11 is 0. The monoisotopic (exact) mass is 239 g/mol. The molecule has 0 saturated carbocycles. The molecule has 0 aliphatic heterocycles. The fourth-order valence-corrected chi connectivity index (χ4v) is 1.77. The Morgan fingerprint density at radius 3 is 2.82 bits per heavy atom. The predicted octanol–water partition coefficient (Wildman–Crippen LogP) is 2.06. The molecular weight excluding hydrogens is 214 g/mol. The van der Waals surface area contributed by atoms with Gasteiger partial charge in [-0.2, -0.15) is 5.10 Å². The average molecular weight is 239 g/mol. The summed E-state index contributed by atoms with van der Waals surface area (Å²) < 4.78 is 2.04. The first-order valence-corrected chi connectivity index (χ1v) is 6.58. The molecule has 4 heteroatoms. The van der Waals surface area contributed by atoms with Crippen LogP contribution in [0.25, 0.3) is 0 Å². The van der Waals surface area contributed by atoms with Crippen molar-refractivity contribution in [2.24, 2.45) is 0 Å². The van der Waals surface area contributed by atoms with Gasteiger partial charge in [-0.3, -0.25) is 9.58 Å². The van der Waals surface area contributed by atoms with Crippen LogP contribution in [0.4, 0.5) is 0 Å². The molecule has 0 aliphatic rings. The van der Waals surface area contributed by atoms with Gasteiger partial charge < -0.3 is 5.11 Å². The Balaban J connectivity index is 2.52. The summed E-state index contributed by atoms with van der Waals surface area (Å²) in [7, 11) is 0.